The van der Waals surface area contributed by atoms with E-state index in [1.807, 2.05) is 31.4 Å². The molecule has 1 amide bonds. The molecule has 1 aliphatic heterocycles. The number of nitrogens with one attached hydrogen (secondary N) is 1. The summed E-state index contributed by atoms with van der Waals surface area (Å²) in [7, 11) is 0. The Morgan fingerprint density at radius 2 is 2.27 bits per heavy atom. The fourth-order valence-corrected chi connectivity index (χ4v) is 3.51. The van der Waals surface area contributed by atoms with Crippen molar-refractivity contribution in [3.63, 3.8) is 0 Å². The first-order valence-electron chi connectivity index (χ1n) is 7.63. The predicted molar refractivity (Wildman–Crippen MR) is 87.7 cm³/mol. The maximum Gasteiger partial charge on any atom is 0.237 e. The van der Waals surface area contributed by atoms with E-state index in [0.29, 0.717) is 6.54 Å². The predicted octanol–water partition coefficient (Wildman–Crippen LogP) is 2.08. The van der Waals surface area contributed by atoms with Crippen molar-refractivity contribution in [2.45, 2.75) is 46.4 Å². The Morgan fingerprint density at radius 1 is 1.45 bits per heavy atom. The summed E-state index contributed by atoms with van der Waals surface area (Å²) < 4.78 is 2.27. The zero-order valence-electron chi connectivity index (χ0n) is 13.3. The minimum Gasteiger partial charge on any atom is -0.350 e. The second-order valence-electron chi connectivity index (χ2n) is 5.79. The fraction of sp³-hybridized carbons (Fsp3) is 0.500. The molecule has 2 aromatic rings. The highest BCUT2D eigenvalue weighted by atomic mass is 32.1. The van der Waals surface area contributed by atoms with Crippen molar-refractivity contribution in [1.82, 2.24) is 19.8 Å². The molecule has 22 heavy (non-hydrogen) atoms. The summed E-state index contributed by atoms with van der Waals surface area (Å²) in [5.41, 5.74) is 2.33. The van der Waals surface area contributed by atoms with E-state index in [-0.39, 0.29) is 11.9 Å². The van der Waals surface area contributed by atoms with Gasteiger partial charge in [0.2, 0.25) is 5.91 Å². The van der Waals surface area contributed by atoms with Crippen LogP contribution in [0.25, 0.3) is 0 Å². The van der Waals surface area contributed by atoms with Gasteiger partial charge in [0, 0.05) is 23.7 Å². The van der Waals surface area contributed by atoms with E-state index in [1.165, 1.54) is 10.6 Å². The molecule has 0 aliphatic carbocycles. The Balaban J connectivity index is 1.60. The van der Waals surface area contributed by atoms with Gasteiger partial charge in [0.25, 0.3) is 0 Å². The molecule has 2 aromatic heterocycles. The van der Waals surface area contributed by atoms with E-state index in [4.69, 9.17) is 0 Å². The highest BCUT2D eigenvalue weighted by molar-refractivity contribution is 7.09. The minimum absolute atomic E-state index is 0.0850. The van der Waals surface area contributed by atoms with Gasteiger partial charge in [-0.1, -0.05) is 6.07 Å². The van der Waals surface area contributed by atoms with Gasteiger partial charge in [-0.05, 0) is 32.2 Å². The van der Waals surface area contributed by atoms with Crippen molar-refractivity contribution >= 4 is 17.2 Å². The van der Waals surface area contributed by atoms with E-state index in [0.717, 1.165) is 31.2 Å². The Kier molecular flexibility index (Phi) is 4.31. The van der Waals surface area contributed by atoms with Gasteiger partial charge in [-0.25, -0.2) is 4.98 Å². The van der Waals surface area contributed by atoms with Crippen molar-refractivity contribution in [2.75, 3.05) is 6.54 Å². The number of rotatable bonds is 4. The first-order valence-corrected chi connectivity index (χ1v) is 8.51. The Bertz CT molecular complexity index is 662. The van der Waals surface area contributed by atoms with Crippen LogP contribution in [-0.2, 0) is 24.4 Å². The van der Waals surface area contributed by atoms with Gasteiger partial charge in [0.1, 0.15) is 5.82 Å². The van der Waals surface area contributed by atoms with Gasteiger partial charge in [-0.15, -0.1) is 11.3 Å². The summed E-state index contributed by atoms with van der Waals surface area (Å²) in [5.74, 6) is 1.15. The first-order chi connectivity index (χ1) is 10.6. The molecule has 6 heteroatoms. The lowest BCUT2D eigenvalue weighted by Gasteiger charge is -2.32. The highest BCUT2D eigenvalue weighted by Crippen LogP contribution is 2.18. The van der Waals surface area contributed by atoms with Crippen LogP contribution in [0.2, 0.25) is 0 Å². The number of carbonyl (C=O) groups is 1. The Morgan fingerprint density at radius 3 is 3.00 bits per heavy atom. The normalized spacial score (nSPS) is 16.3. The van der Waals surface area contributed by atoms with Crippen molar-refractivity contribution in [3.05, 3.63) is 39.6 Å². The summed E-state index contributed by atoms with van der Waals surface area (Å²) in [6.45, 7) is 9.27. The molecule has 0 aromatic carbocycles. The topological polar surface area (TPSA) is 50.2 Å². The largest absolute Gasteiger partial charge is 0.350 e. The van der Waals surface area contributed by atoms with Crippen LogP contribution in [0.15, 0.2) is 17.5 Å². The molecule has 0 bridgehead atoms. The maximum absolute atomic E-state index is 12.3. The molecule has 118 valence electrons. The van der Waals surface area contributed by atoms with E-state index in [1.54, 1.807) is 11.3 Å². The average Bonchev–Trinajstić information content (AvgIpc) is 3.13. The van der Waals surface area contributed by atoms with Gasteiger partial charge < -0.3 is 9.88 Å². The smallest absolute Gasteiger partial charge is 0.237 e. The van der Waals surface area contributed by atoms with E-state index in [2.05, 4.69) is 26.7 Å². The fourth-order valence-electron chi connectivity index (χ4n) is 2.86. The van der Waals surface area contributed by atoms with Gasteiger partial charge in [0.15, 0.2) is 0 Å². The minimum atomic E-state index is -0.133. The number of amides is 1. The number of aromatic nitrogens is 2. The summed E-state index contributed by atoms with van der Waals surface area (Å²) in [6.07, 6.45) is 0. The van der Waals surface area contributed by atoms with Crippen LogP contribution < -0.4 is 5.32 Å². The average molecular weight is 318 g/mol. The molecule has 3 rings (SSSR count). The highest BCUT2D eigenvalue weighted by Gasteiger charge is 2.27. The number of aryl methyl sites for hydroxylation is 1. The second-order valence-corrected chi connectivity index (χ2v) is 6.83. The van der Waals surface area contributed by atoms with E-state index in [9.17, 15) is 4.79 Å². The van der Waals surface area contributed by atoms with Gasteiger partial charge in [-0.3, -0.25) is 9.69 Å². The molecule has 5 nitrogen and oxygen atoms in total. The molecule has 1 aliphatic rings. The number of thiophene rings is 1. The molecule has 0 fully saturated rings. The van der Waals surface area contributed by atoms with Gasteiger partial charge >= 0.3 is 0 Å². The zero-order valence-corrected chi connectivity index (χ0v) is 14.1. The summed E-state index contributed by atoms with van der Waals surface area (Å²) in [5, 5.41) is 5.05. The molecule has 0 spiro atoms. The van der Waals surface area contributed by atoms with Crippen LogP contribution in [0, 0.1) is 13.8 Å². The van der Waals surface area contributed by atoms with Crippen molar-refractivity contribution in [2.24, 2.45) is 0 Å². The number of hydrogen-bond acceptors (Lipinski definition) is 4. The standard InChI is InChI=1S/C16H22N4OS/c1-11-12(2)20-7-6-19(10-15(20)18-11)13(3)16(21)17-9-14-5-4-8-22-14/h4-5,8,13H,6-7,9-10H2,1-3H3,(H,17,21). The van der Waals surface area contributed by atoms with Crippen molar-refractivity contribution in [3.8, 4) is 0 Å². The molecule has 1 atom stereocenters. The number of hydrogen-bond donors (Lipinski definition) is 1. The number of fused-ring (bicyclic) bond motifs is 1. The Hall–Kier alpha value is -1.66. The van der Waals surface area contributed by atoms with E-state index < -0.39 is 0 Å². The number of nitrogens with zero attached hydrogens (tertiary/aromatic N) is 3. The summed E-state index contributed by atoms with van der Waals surface area (Å²) in [6, 6.07) is 3.91. The third-order valence-corrected chi connectivity index (χ3v) is 5.31. The molecule has 0 saturated heterocycles. The van der Waals surface area contributed by atoms with Crippen LogP contribution in [0.4, 0.5) is 0 Å². The van der Waals surface area contributed by atoms with Crippen LogP contribution in [0.5, 0.6) is 0 Å². The Labute approximate surface area is 135 Å². The van der Waals surface area contributed by atoms with E-state index >= 15 is 0 Å². The van der Waals surface area contributed by atoms with Crippen LogP contribution >= 0.6 is 11.3 Å². The second kappa shape index (κ2) is 6.22. The maximum atomic E-state index is 12.3. The summed E-state index contributed by atoms with van der Waals surface area (Å²) in [4.78, 5) is 20.3. The summed E-state index contributed by atoms with van der Waals surface area (Å²) >= 11 is 1.67. The number of imidazole rings is 1. The molecule has 1 unspecified atom stereocenters. The lowest BCUT2D eigenvalue weighted by molar-refractivity contribution is -0.126. The monoisotopic (exact) mass is 318 g/mol. The lowest BCUT2D eigenvalue weighted by atomic mass is 10.2. The van der Waals surface area contributed by atoms with Crippen molar-refractivity contribution < 1.29 is 4.79 Å². The third-order valence-electron chi connectivity index (χ3n) is 4.44. The molecule has 3 heterocycles. The molecular formula is C16H22N4OS. The third kappa shape index (κ3) is 2.94. The van der Waals surface area contributed by atoms with Crippen LogP contribution in [0.3, 0.4) is 0 Å². The van der Waals surface area contributed by atoms with Crippen molar-refractivity contribution in [1.29, 1.82) is 0 Å². The van der Waals surface area contributed by atoms with Gasteiger partial charge in [0.05, 0.1) is 24.8 Å². The van der Waals surface area contributed by atoms with Crippen LogP contribution in [-0.4, -0.2) is 32.9 Å². The molecule has 1 N–H and O–H groups in total. The van der Waals surface area contributed by atoms with Gasteiger partial charge in [-0.2, -0.15) is 0 Å². The molecule has 0 saturated carbocycles. The SMILES string of the molecule is Cc1nc2n(c1C)CCN(C(C)C(=O)NCc1cccs1)C2. The number of carbonyl (C=O) groups excluding carboxylic acids is 1. The zero-order chi connectivity index (χ0) is 15.7. The van der Waals surface area contributed by atoms with Crippen LogP contribution in [0.1, 0.15) is 29.0 Å². The quantitative estimate of drug-likeness (QED) is 0.939. The lowest BCUT2D eigenvalue weighted by Crippen LogP contribution is -2.47. The molecule has 0 radical (unpaired) electrons. The first kappa shape index (κ1) is 15.2. The molecular weight excluding hydrogens is 296 g/mol.